The lowest BCUT2D eigenvalue weighted by Gasteiger charge is -2.41. The molecule has 3 aromatic rings. The van der Waals surface area contributed by atoms with Crippen LogP contribution >= 0.6 is 0 Å². The number of unbranched alkanes of at least 4 members (excludes halogenated alkanes) is 1. The van der Waals surface area contributed by atoms with Crippen LogP contribution in [-0.2, 0) is 64.0 Å². The summed E-state index contributed by atoms with van der Waals surface area (Å²) in [4.78, 5) is 152. The maximum Gasteiger partial charge on any atom is 0.410 e. The summed E-state index contributed by atoms with van der Waals surface area (Å²) in [6.45, 7) is 21.7. The van der Waals surface area contributed by atoms with Crippen LogP contribution in [0.1, 0.15) is 151 Å². The van der Waals surface area contributed by atoms with Gasteiger partial charge in [-0.25, -0.2) is 9.59 Å². The maximum atomic E-state index is 14.8. The van der Waals surface area contributed by atoms with Crippen molar-refractivity contribution >= 4 is 82.4 Å². The molecule has 552 valence electrons. The minimum Gasteiger partial charge on any atom is -0.445 e. The molecule has 1 heterocycles. The molecule has 0 radical (unpaired) electrons. The topological polar surface area (TPSA) is 368 Å². The van der Waals surface area contributed by atoms with Crippen molar-refractivity contribution in [2.75, 3.05) is 57.4 Å². The van der Waals surface area contributed by atoms with Gasteiger partial charge >= 0.3 is 12.1 Å². The first-order valence-corrected chi connectivity index (χ1v) is 34.6. The van der Waals surface area contributed by atoms with E-state index in [4.69, 9.17) is 19.9 Å². The standard InChI is InChI=1S/C73H110N12O15/c1-16-46(9)64(56(98-14)41-60(89)85-39-25-31-55(85)66(99-15)47(10)67(91)76-48(11)65(90)50-26-19-18-20-27-50)83(12)71(95)62(44(5)6)82-70(94)63(45(7)8)84(13)73(97)100-42-49-34-36-51(37-35-49)79-68(92)54(30-24-38-75-72(74)96)80-69(93)61(43(3)4)81-59(88)33-22-21-32-58(87)78-53-29-23-28-52(40-53)77-57(86)17-2/h17-20,23,26-29,34-37,40,43-48,54-56,61-66,90H,2,16,21-22,24-25,30-33,38-39,41-42H2,1,3-15H3,(H,76,91)(H,77,86)(H,78,87)(H,79,92)(H,80,93)(H,81,88)(H,82,94)(H3,74,75,96)/t46-,47+,48+,54-,55-,56+,61-,62-,63-,64-,65+,66+/m0/s1. The number of ether oxygens (including phenoxy) is 3. The van der Waals surface area contributed by atoms with E-state index in [9.17, 15) is 57.8 Å². The normalized spacial score (nSPS) is 16.1. The first-order chi connectivity index (χ1) is 47.4. The number of anilines is 3. The Balaban J connectivity index is 1.36. The van der Waals surface area contributed by atoms with Crippen LogP contribution in [-0.4, -0.2) is 181 Å². The van der Waals surface area contributed by atoms with Crippen LogP contribution in [0.4, 0.5) is 26.7 Å². The fourth-order valence-corrected chi connectivity index (χ4v) is 12.3. The lowest BCUT2D eigenvalue weighted by atomic mass is 9.89. The van der Waals surface area contributed by atoms with Crippen LogP contribution in [0.5, 0.6) is 0 Å². The number of hydrogen-bond acceptors (Lipinski definition) is 15. The second kappa shape index (κ2) is 41.6. The lowest BCUT2D eigenvalue weighted by Crippen LogP contribution is -2.60. The van der Waals surface area contributed by atoms with Crippen molar-refractivity contribution in [1.82, 2.24) is 41.3 Å². The van der Waals surface area contributed by atoms with Gasteiger partial charge in [0.2, 0.25) is 53.2 Å². The number of methoxy groups -OCH3 is 2. The van der Waals surface area contributed by atoms with Gasteiger partial charge in [-0.1, -0.05) is 124 Å². The Kier molecular flexibility index (Phi) is 34.7. The third kappa shape index (κ3) is 25.7. The number of likely N-dealkylation sites (N-methyl/N-ethyl adjacent to an activating group) is 2. The number of carbonyl (C=O) groups is 11. The van der Waals surface area contributed by atoms with Crippen molar-refractivity contribution in [3.63, 3.8) is 0 Å². The van der Waals surface area contributed by atoms with Crippen molar-refractivity contribution in [1.29, 1.82) is 0 Å². The Bertz CT molecular complexity index is 3210. The highest BCUT2D eigenvalue weighted by atomic mass is 16.6. The number of primary amides is 1. The quantitative estimate of drug-likeness (QED) is 0.0204. The predicted molar refractivity (Wildman–Crippen MR) is 381 cm³/mol. The fourth-order valence-electron chi connectivity index (χ4n) is 12.3. The summed E-state index contributed by atoms with van der Waals surface area (Å²) in [5.41, 5.74) is 7.72. The molecule has 12 amide bonds. The summed E-state index contributed by atoms with van der Waals surface area (Å²) in [5, 5.41) is 33.0. The van der Waals surface area contributed by atoms with Crippen LogP contribution < -0.4 is 48.3 Å². The molecular weight excluding hydrogens is 1280 g/mol. The molecule has 0 bridgehead atoms. The Morgan fingerprint density at radius 2 is 1.31 bits per heavy atom. The van der Waals surface area contributed by atoms with Gasteiger partial charge in [0.05, 0.1) is 48.8 Å². The lowest BCUT2D eigenvalue weighted by molar-refractivity contribution is -0.148. The first-order valence-electron chi connectivity index (χ1n) is 34.6. The minimum atomic E-state index is -1.13. The highest BCUT2D eigenvalue weighted by Gasteiger charge is 2.44. The average Bonchev–Trinajstić information content (AvgIpc) is 1.41. The summed E-state index contributed by atoms with van der Waals surface area (Å²) in [5.74, 6) is -6.10. The summed E-state index contributed by atoms with van der Waals surface area (Å²) < 4.78 is 17.8. The molecule has 27 heteroatoms. The second-order valence-electron chi connectivity index (χ2n) is 26.8. The van der Waals surface area contributed by atoms with E-state index >= 15 is 0 Å². The number of aliphatic hydroxyl groups excluding tert-OH is 1. The number of nitrogens with one attached hydrogen (secondary N) is 8. The van der Waals surface area contributed by atoms with Crippen LogP contribution in [0.25, 0.3) is 0 Å². The molecule has 12 atom stereocenters. The number of carbonyl (C=O) groups excluding carboxylic acids is 11. The van der Waals surface area contributed by atoms with Gasteiger partial charge in [-0.05, 0) is 117 Å². The van der Waals surface area contributed by atoms with Gasteiger partial charge in [-0.2, -0.15) is 0 Å². The van der Waals surface area contributed by atoms with E-state index < -0.39 is 132 Å². The molecule has 1 saturated heterocycles. The Hall–Kier alpha value is -8.95. The van der Waals surface area contributed by atoms with E-state index in [1.54, 1.807) is 133 Å². The van der Waals surface area contributed by atoms with Crippen LogP contribution in [0, 0.1) is 29.6 Å². The van der Waals surface area contributed by atoms with Gasteiger partial charge < -0.3 is 77.4 Å². The molecule has 1 aliphatic rings. The molecule has 3 aromatic carbocycles. The van der Waals surface area contributed by atoms with E-state index in [1.807, 2.05) is 32.0 Å². The van der Waals surface area contributed by atoms with Gasteiger partial charge in [0.1, 0.15) is 30.8 Å². The SMILES string of the molecule is C=CC(=O)Nc1cccc(NC(=O)CCCCC(=O)N[C@H](C(=O)N[C@@H](CCCNC(N)=O)C(=O)Nc2ccc(COC(=O)N(C)[C@H](C(=O)N[C@H](C(=O)N(C)[C@@H]([C@@H](C)CC)[C@@H](CC(=O)N3CCC[C@H]3[C@H](OC)[C@@H](C)C(=O)N[C@H](C)[C@@H](O)c3ccccc3)OC)C(C)C)C(C)C)cc2)C(C)C)c1. The number of nitrogens with zero attached hydrogens (tertiary/aromatic N) is 3. The minimum absolute atomic E-state index is 0.0127. The van der Waals surface area contributed by atoms with E-state index in [0.717, 1.165) is 6.08 Å². The number of amides is 12. The van der Waals surface area contributed by atoms with Crippen LogP contribution in [0.3, 0.4) is 0 Å². The Labute approximate surface area is 589 Å². The highest BCUT2D eigenvalue weighted by Crippen LogP contribution is 2.31. The number of aliphatic hydroxyl groups is 1. The molecule has 27 nitrogen and oxygen atoms in total. The van der Waals surface area contributed by atoms with Gasteiger partial charge in [-0.3, -0.25) is 48.1 Å². The zero-order valence-electron chi connectivity index (χ0n) is 60.7. The van der Waals surface area contributed by atoms with Gasteiger partial charge in [0.15, 0.2) is 0 Å². The molecule has 0 saturated carbocycles. The molecule has 1 aliphatic heterocycles. The fraction of sp³-hybridized carbons (Fsp3) is 0.575. The smallest absolute Gasteiger partial charge is 0.410 e. The number of nitrogens with two attached hydrogens (primary N) is 1. The summed E-state index contributed by atoms with van der Waals surface area (Å²) in [6, 6.07) is 15.2. The number of likely N-dealkylation sites (tertiary alicyclic amines) is 1. The van der Waals surface area contributed by atoms with E-state index in [0.29, 0.717) is 66.8 Å². The molecule has 0 spiro atoms. The van der Waals surface area contributed by atoms with Gasteiger partial charge in [0, 0.05) is 71.3 Å². The Morgan fingerprint density at radius 3 is 1.89 bits per heavy atom. The molecule has 11 N–H and O–H groups in total. The molecule has 100 heavy (non-hydrogen) atoms. The van der Waals surface area contributed by atoms with Crippen molar-refractivity contribution in [3.8, 4) is 0 Å². The zero-order chi connectivity index (χ0) is 74.5. The first kappa shape index (κ1) is 83.5. The Morgan fingerprint density at radius 1 is 0.680 bits per heavy atom. The van der Waals surface area contributed by atoms with E-state index in [1.165, 1.54) is 26.2 Å². The van der Waals surface area contributed by atoms with E-state index in [-0.39, 0.29) is 68.9 Å². The van der Waals surface area contributed by atoms with Crippen molar-refractivity contribution in [3.05, 3.63) is 103 Å². The monoisotopic (exact) mass is 1390 g/mol. The van der Waals surface area contributed by atoms with Crippen molar-refractivity contribution < 1.29 is 72.1 Å². The largest absolute Gasteiger partial charge is 0.445 e. The van der Waals surface area contributed by atoms with Crippen LogP contribution in [0.2, 0.25) is 0 Å². The molecular formula is C73H110N12O15. The van der Waals surface area contributed by atoms with Crippen molar-refractivity contribution in [2.24, 2.45) is 35.3 Å². The number of hydrogen-bond donors (Lipinski definition) is 10. The molecule has 0 aliphatic carbocycles. The number of urea groups is 1. The van der Waals surface area contributed by atoms with Crippen molar-refractivity contribution in [2.45, 2.75) is 201 Å². The summed E-state index contributed by atoms with van der Waals surface area (Å²) in [7, 11) is 6.07. The van der Waals surface area contributed by atoms with E-state index in [2.05, 4.69) is 49.1 Å². The molecule has 1 fully saturated rings. The highest BCUT2D eigenvalue weighted by molar-refractivity contribution is 6.00. The maximum absolute atomic E-state index is 14.8. The second-order valence-corrected chi connectivity index (χ2v) is 26.8. The number of rotatable bonds is 40. The average molecular weight is 1400 g/mol. The van der Waals surface area contributed by atoms with Crippen LogP contribution in [0.15, 0.2) is 91.5 Å². The van der Waals surface area contributed by atoms with Gasteiger partial charge in [-0.15, -0.1) is 0 Å². The number of benzene rings is 3. The molecule has 0 unspecified atom stereocenters. The van der Waals surface area contributed by atoms with Gasteiger partial charge in [0.25, 0.3) is 0 Å². The summed E-state index contributed by atoms with van der Waals surface area (Å²) in [6.07, 6.45) is 0.808. The third-order valence-electron chi connectivity index (χ3n) is 18.2. The molecule has 0 aromatic heterocycles. The molecule has 4 rings (SSSR count). The summed E-state index contributed by atoms with van der Waals surface area (Å²) >= 11 is 0. The third-order valence-corrected chi connectivity index (χ3v) is 18.2. The zero-order valence-corrected chi connectivity index (χ0v) is 60.7. The predicted octanol–water partition coefficient (Wildman–Crippen LogP) is 6.92.